The molecule has 0 saturated heterocycles. The summed E-state index contributed by atoms with van der Waals surface area (Å²) < 4.78 is 8.55. The summed E-state index contributed by atoms with van der Waals surface area (Å²) in [7, 11) is -5.39. The summed E-state index contributed by atoms with van der Waals surface area (Å²) in [5.74, 6) is 0. The minimum Gasteiger partial charge on any atom is -0.822 e. The molecule has 0 radical (unpaired) electrons. The van der Waals surface area contributed by atoms with E-state index in [9.17, 15) is 0 Å². The molecule has 10 heavy (non-hydrogen) atoms. The third-order valence-electron chi connectivity index (χ3n) is 0. The maximum atomic E-state index is 8.55. The molecule has 0 aliphatic rings. The first-order chi connectivity index (χ1) is 3.41. The molecule has 0 aromatic heterocycles. The van der Waals surface area contributed by atoms with Gasteiger partial charge in [0.25, 0.3) is 0 Å². The van der Waals surface area contributed by atoms with E-state index in [-0.39, 0.29) is 54.8 Å². The third kappa shape index (κ3) is 240. The first kappa shape index (κ1) is 22.6. The van der Waals surface area contributed by atoms with Crippen molar-refractivity contribution in [1.82, 2.24) is 0 Å². The second-order valence-corrected chi connectivity index (χ2v) is 1.42. The molecule has 0 rings (SSSR count). The number of hydrogen-bond donors (Lipinski definition) is 2. The summed E-state index contributed by atoms with van der Waals surface area (Å²) in [5, 5.41) is 15.5. The van der Waals surface area contributed by atoms with Crippen molar-refractivity contribution in [2.45, 2.75) is 0 Å². The molecule has 10 heteroatoms. The normalized spacial score (nSPS) is 7.70. The predicted octanol–water partition coefficient (Wildman–Crippen LogP) is -3.26. The molecule has 58 valence electrons. The number of phosphoric acid groups is 1. The number of hydrogen-bond acceptors (Lipinski definition) is 7. The van der Waals surface area contributed by atoms with Crippen molar-refractivity contribution in [1.29, 1.82) is 0 Å². The molecule has 0 aromatic carbocycles. The first-order valence-electron chi connectivity index (χ1n) is 1.10. The predicted molar refractivity (Wildman–Crippen MR) is 19.7 cm³/mol. The van der Waals surface area contributed by atoms with Crippen molar-refractivity contribution in [3.05, 3.63) is 0 Å². The molecule has 0 aromatic rings. The van der Waals surface area contributed by atoms with E-state index < -0.39 is 7.82 Å². The van der Waals surface area contributed by atoms with Crippen LogP contribution in [0.2, 0.25) is 0 Å². The van der Waals surface area contributed by atoms with Crippen molar-refractivity contribution in [2.24, 2.45) is 0 Å². The Kier molecular flexibility index (Phi) is 30.2. The van der Waals surface area contributed by atoms with Gasteiger partial charge in [-0.25, -0.2) is 10.5 Å². The summed E-state index contributed by atoms with van der Waals surface area (Å²) in [5.41, 5.74) is 0. The molecule has 0 spiro atoms. The van der Waals surface area contributed by atoms with E-state index in [1.165, 1.54) is 0 Å². The molecule has 0 aliphatic heterocycles. The minimum atomic E-state index is -5.39. The van der Waals surface area contributed by atoms with Crippen molar-refractivity contribution < 1.29 is 51.9 Å². The Labute approximate surface area is 96.6 Å². The van der Waals surface area contributed by atoms with Gasteiger partial charge >= 0.3 is 54.8 Å². The second kappa shape index (κ2) is 13.4. The van der Waals surface area contributed by atoms with Crippen LogP contribution >= 0.6 is 7.82 Å². The molecule has 0 atom stereocenters. The van der Waals surface area contributed by atoms with Crippen LogP contribution in [0.1, 0.15) is 0 Å². The molecular formula is H2CaFeO7P+. The largest absolute Gasteiger partial charge is 2.00 e. The fourth-order valence-electron chi connectivity index (χ4n) is 0. The maximum absolute atomic E-state index is 8.55. The molecule has 0 unspecified atom stereocenters. The molecule has 2 N–H and O–H groups in total. The van der Waals surface area contributed by atoms with Gasteiger partial charge in [-0.15, -0.1) is 0 Å². The molecule has 0 fully saturated rings. The average molecular weight is 241 g/mol. The van der Waals surface area contributed by atoms with E-state index in [0.717, 1.165) is 0 Å². The van der Waals surface area contributed by atoms with Crippen molar-refractivity contribution in [2.75, 3.05) is 0 Å². The van der Waals surface area contributed by atoms with Crippen LogP contribution in [0.25, 0.3) is 0 Å². The van der Waals surface area contributed by atoms with Crippen molar-refractivity contribution in [3.63, 3.8) is 0 Å². The Hall–Kier alpha value is 1.77. The molecule has 0 bridgehead atoms. The van der Waals surface area contributed by atoms with E-state index >= 15 is 0 Å². The van der Waals surface area contributed by atoms with E-state index in [4.69, 9.17) is 29.8 Å². The zero-order valence-electron chi connectivity index (χ0n) is 4.44. The van der Waals surface area contributed by atoms with Crippen LogP contribution in [-0.2, 0) is 26.7 Å². The second-order valence-electron chi connectivity index (χ2n) is 0.529. The van der Waals surface area contributed by atoms with E-state index in [0.29, 0.717) is 0 Å². The molecular weight excluding hydrogens is 239 g/mol. The van der Waals surface area contributed by atoms with Gasteiger partial charge in [-0.1, -0.05) is 5.04 Å². The summed E-state index contributed by atoms with van der Waals surface area (Å²) in [6.07, 6.45) is 0. The summed E-state index contributed by atoms with van der Waals surface area (Å²) in [6.45, 7) is 0. The Morgan fingerprint density at radius 1 is 1.20 bits per heavy atom. The minimum absolute atomic E-state index is 0. The van der Waals surface area contributed by atoms with Gasteiger partial charge in [-0.05, 0) is 0 Å². The first-order valence-corrected chi connectivity index (χ1v) is 2.56. The monoisotopic (exact) mass is 241 g/mol. The molecule has 0 saturated carbocycles. The Balaban J connectivity index is -0.0000000326. The van der Waals surface area contributed by atoms with Crippen LogP contribution in [0.3, 0.4) is 0 Å². The smallest absolute Gasteiger partial charge is 0.822 e. The van der Waals surface area contributed by atoms with Crippen LogP contribution in [0.15, 0.2) is 0 Å². The van der Waals surface area contributed by atoms with Crippen LogP contribution in [0.5, 0.6) is 0 Å². The average Bonchev–Trinajstić information content (AvgIpc) is 1.27. The van der Waals surface area contributed by atoms with Gasteiger partial charge in [0, 0.05) is 0 Å². The third-order valence-corrected chi connectivity index (χ3v) is 0. The van der Waals surface area contributed by atoms with Crippen LogP contribution in [0.4, 0.5) is 0 Å². The van der Waals surface area contributed by atoms with E-state index in [2.05, 4.69) is 5.04 Å². The molecule has 0 amide bonds. The van der Waals surface area contributed by atoms with Crippen molar-refractivity contribution in [3.8, 4) is 0 Å². The quantitative estimate of drug-likeness (QED) is 0.196. The standard InChI is InChI=1S/Ca.Fe.H3O4P.H2O3/c;;1-5(2,3)4;1-3-2/h;;(H3,1,2,3,4);1-2H/q2*+2;;/p-3. The van der Waals surface area contributed by atoms with Crippen molar-refractivity contribution >= 4 is 45.6 Å². The van der Waals surface area contributed by atoms with Gasteiger partial charge in [0.05, 0.1) is 0 Å². The molecule has 0 aliphatic carbocycles. The molecule has 7 nitrogen and oxygen atoms in total. The Morgan fingerprint density at radius 3 is 1.20 bits per heavy atom. The van der Waals surface area contributed by atoms with Gasteiger partial charge in [-0.3, -0.25) is 0 Å². The molecule has 0 heterocycles. The van der Waals surface area contributed by atoms with Gasteiger partial charge in [0.15, 0.2) is 0 Å². The van der Waals surface area contributed by atoms with Gasteiger partial charge in [0.1, 0.15) is 0 Å². The van der Waals surface area contributed by atoms with Gasteiger partial charge < -0.3 is 19.2 Å². The zero-order chi connectivity index (χ0) is 7.21. The number of rotatable bonds is 0. The maximum Gasteiger partial charge on any atom is 2.00 e. The van der Waals surface area contributed by atoms with Gasteiger partial charge in [-0.2, -0.15) is 7.82 Å². The van der Waals surface area contributed by atoms with Crippen LogP contribution in [-0.4, -0.2) is 48.3 Å². The Bertz CT molecular complexity index is 69.4. The SMILES string of the molecule is O=P([O-])([O-])[O-].OOO.[Ca+2].[Fe+2]. The van der Waals surface area contributed by atoms with Crippen LogP contribution < -0.4 is 14.7 Å². The van der Waals surface area contributed by atoms with E-state index in [1.807, 2.05) is 0 Å². The summed E-state index contributed by atoms with van der Waals surface area (Å²) in [6, 6.07) is 0. The van der Waals surface area contributed by atoms with Crippen LogP contribution in [0, 0.1) is 0 Å². The topological polar surface area (TPSA) is 136 Å². The fourth-order valence-corrected chi connectivity index (χ4v) is 0. The zero-order valence-corrected chi connectivity index (χ0v) is 8.65. The van der Waals surface area contributed by atoms with Gasteiger partial charge in [0.2, 0.25) is 0 Å². The van der Waals surface area contributed by atoms with E-state index in [1.54, 1.807) is 0 Å². The fraction of sp³-hybridized carbons (Fsp3) is 0. The summed E-state index contributed by atoms with van der Waals surface area (Å²) in [4.78, 5) is 25.6. The Morgan fingerprint density at radius 2 is 1.20 bits per heavy atom. The summed E-state index contributed by atoms with van der Waals surface area (Å²) >= 11 is 0.